The lowest BCUT2D eigenvalue weighted by Crippen LogP contribution is -2.24. The summed E-state index contributed by atoms with van der Waals surface area (Å²) in [6, 6.07) is 16.5. The van der Waals surface area contributed by atoms with Gasteiger partial charge in [0.1, 0.15) is 5.82 Å². The Balaban J connectivity index is 2.14. The van der Waals surface area contributed by atoms with Crippen LogP contribution in [0.25, 0.3) is 27.5 Å². The number of benzene rings is 2. The highest BCUT2D eigenvalue weighted by Crippen LogP contribution is 2.16. The molecule has 0 atom stereocenters. The van der Waals surface area contributed by atoms with Crippen LogP contribution in [0.5, 0.6) is 0 Å². The van der Waals surface area contributed by atoms with E-state index in [0.29, 0.717) is 16.7 Å². The van der Waals surface area contributed by atoms with Crippen LogP contribution in [0.4, 0.5) is 0 Å². The number of hydrogen-bond donors (Lipinski definition) is 1. The number of nitrogens with zero attached hydrogens (tertiary/aromatic N) is 2. The van der Waals surface area contributed by atoms with E-state index in [2.05, 4.69) is 9.97 Å². The van der Waals surface area contributed by atoms with Gasteiger partial charge in [-0.15, -0.1) is 0 Å². The number of nitrogens with one attached hydrogen (secondary N) is 1. The van der Waals surface area contributed by atoms with Crippen molar-refractivity contribution in [2.75, 3.05) is 0 Å². The highest BCUT2D eigenvalue weighted by Gasteiger charge is 2.09. The molecule has 0 spiro atoms. The van der Waals surface area contributed by atoms with Crippen LogP contribution >= 0.6 is 0 Å². The van der Waals surface area contributed by atoms with E-state index in [0.717, 1.165) is 10.8 Å². The molecule has 106 valence electrons. The first-order valence-corrected chi connectivity index (χ1v) is 6.83. The minimum absolute atomic E-state index is 0.229. The Labute approximate surface area is 124 Å². The quantitative estimate of drug-likeness (QED) is 0.584. The molecule has 2 heterocycles. The fourth-order valence-corrected chi connectivity index (χ4v) is 2.64. The van der Waals surface area contributed by atoms with Gasteiger partial charge in [0.25, 0.3) is 5.56 Å². The van der Waals surface area contributed by atoms with Gasteiger partial charge in [-0.1, -0.05) is 36.4 Å². The van der Waals surface area contributed by atoms with Crippen molar-refractivity contribution in [2.24, 2.45) is 0 Å². The Kier molecular flexibility index (Phi) is 2.66. The zero-order valence-electron chi connectivity index (χ0n) is 11.5. The fraction of sp³-hybridized carbons (Fsp3) is 0. The lowest BCUT2D eigenvalue weighted by Gasteiger charge is -2.09. The molecule has 0 fully saturated rings. The predicted molar refractivity (Wildman–Crippen MR) is 85.5 cm³/mol. The average Bonchev–Trinajstić information content (AvgIpc) is 2.54. The molecule has 2 aromatic heterocycles. The van der Waals surface area contributed by atoms with Crippen LogP contribution < -0.4 is 11.2 Å². The van der Waals surface area contributed by atoms with Gasteiger partial charge in [-0.25, -0.2) is 14.3 Å². The summed E-state index contributed by atoms with van der Waals surface area (Å²) in [5.41, 5.74) is 0.0472. The number of aromatic nitrogens is 3. The maximum Gasteiger partial charge on any atom is 0.353 e. The Morgan fingerprint density at radius 2 is 1.64 bits per heavy atom. The van der Waals surface area contributed by atoms with Gasteiger partial charge in [-0.2, -0.15) is 0 Å². The Morgan fingerprint density at radius 1 is 0.909 bits per heavy atom. The molecule has 5 heteroatoms. The van der Waals surface area contributed by atoms with Crippen LogP contribution in [0.15, 0.2) is 70.4 Å². The van der Waals surface area contributed by atoms with E-state index in [4.69, 9.17) is 0 Å². The number of para-hydroxylation sites is 1. The molecular weight excluding hydrogens is 278 g/mol. The molecule has 22 heavy (non-hydrogen) atoms. The van der Waals surface area contributed by atoms with Crippen molar-refractivity contribution < 1.29 is 0 Å². The largest absolute Gasteiger partial charge is 0.353 e. The van der Waals surface area contributed by atoms with E-state index in [1.165, 1.54) is 10.8 Å². The SMILES string of the molecule is O=c1[nH]c(-n2c(=O)ncc3ccccc32)cc2ccccc12. The van der Waals surface area contributed by atoms with Gasteiger partial charge in [0, 0.05) is 17.0 Å². The first-order valence-electron chi connectivity index (χ1n) is 6.83. The van der Waals surface area contributed by atoms with Gasteiger partial charge < -0.3 is 4.98 Å². The third-order valence-electron chi connectivity index (χ3n) is 3.66. The van der Waals surface area contributed by atoms with Crippen LogP contribution in [-0.4, -0.2) is 14.5 Å². The van der Waals surface area contributed by atoms with Crippen molar-refractivity contribution in [1.82, 2.24) is 14.5 Å². The fourth-order valence-electron chi connectivity index (χ4n) is 2.64. The smallest absolute Gasteiger partial charge is 0.308 e. The number of hydrogen-bond acceptors (Lipinski definition) is 3. The Hall–Kier alpha value is -3.21. The van der Waals surface area contributed by atoms with Crippen molar-refractivity contribution >= 4 is 21.7 Å². The molecule has 0 unspecified atom stereocenters. The minimum Gasteiger partial charge on any atom is -0.308 e. The summed E-state index contributed by atoms with van der Waals surface area (Å²) in [7, 11) is 0. The average molecular weight is 289 g/mol. The van der Waals surface area contributed by atoms with Gasteiger partial charge in [-0.05, 0) is 23.6 Å². The molecule has 0 aliphatic rings. The molecule has 0 aliphatic carbocycles. The van der Waals surface area contributed by atoms with Gasteiger partial charge in [-0.3, -0.25) is 4.79 Å². The first kappa shape index (κ1) is 12.5. The van der Waals surface area contributed by atoms with Crippen LogP contribution in [0.2, 0.25) is 0 Å². The summed E-state index contributed by atoms with van der Waals surface area (Å²) in [4.78, 5) is 31.1. The minimum atomic E-state index is -0.426. The van der Waals surface area contributed by atoms with Crippen molar-refractivity contribution in [1.29, 1.82) is 0 Å². The van der Waals surface area contributed by atoms with Gasteiger partial charge >= 0.3 is 5.69 Å². The molecule has 0 amide bonds. The molecule has 0 aliphatic heterocycles. The number of aromatic amines is 1. The summed E-state index contributed by atoms with van der Waals surface area (Å²) in [6.07, 6.45) is 1.54. The zero-order valence-corrected chi connectivity index (χ0v) is 11.5. The van der Waals surface area contributed by atoms with E-state index < -0.39 is 5.69 Å². The van der Waals surface area contributed by atoms with Crippen molar-refractivity contribution in [2.45, 2.75) is 0 Å². The van der Waals surface area contributed by atoms with Crippen LogP contribution in [-0.2, 0) is 0 Å². The molecule has 0 bridgehead atoms. The monoisotopic (exact) mass is 289 g/mol. The van der Waals surface area contributed by atoms with Gasteiger partial charge in [0.05, 0.1) is 5.52 Å². The van der Waals surface area contributed by atoms with E-state index in [9.17, 15) is 9.59 Å². The second-order valence-electron chi connectivity index (χ2n) is 5.01. The highest BCUT2D eigenvalue weighted by molar-refractivity contribution is 5.84. The van der Waals surface area contributed by atoms with Crippen molar-refractivity contribution in [3.63, 3.8) is 0 Å². The van der Waals surface area contributed by atoms with Gasteiger partial charge in [0.15, 0.2) is 0 Å². The Bertz CT molecular complexity index is 1130. The number of pyridine rings is 1. The van der Waals surface area contributed by atoms with Gasteiger partial charge in [0.2, 0.25) is 0 Å². The number of fused-ring (bicyclic) bond motifs is 2. The normalized spacial score (nSPS) is 11.1. The van der Waals surface area contributed by atoms with Crippen LogP contribution in [0.3, 0.4) is 0 Å². The molecular formula is C17H11N3O2. The van der Waals surface area contributed by atoms with E-state index in [1.54, 1.807) is 12.1 Å². The van der Waals surface area contributed by atoms with E-state index in [-0.39, 0.29) is 5.56 Å². The summed E-state index contributed by atoms with van der Waals surface area (Å²) in [5, 5.41) is 2.20. The first-order chi connectivity index (χ1) is 10.7. The molecule has 4 rings (SSSR count). The molecule has 0 saturated carbocycles. The lowest BCUT2D eigenvalue weighted by atomic mass is 10.1. The zero-order chi connectivity index (χ0) is 15.1. The second-order valence-corrected chi connectivity index (χ2v) is 5.01. The molecule has 4 aromatic rings. The summed E-state index contributed by atoms with van der Waals surface area (Å²) >= 11 is 0. The molecule has 0 saturated heterocycles. The molecule has 0 radical (unpaired) electrons. The summed E-state index contributed by atoms with van der Waals surface area (Å²) in [6.45, 7) is 0. The van der Waals surface area contributed by atoms with Crippen molar-refractivity contribution in [3.05, 3.63) is 81.6 Å². The summed E-state index contributed by atoms with van der Waals surface area (Å²) in [5.74, 6) is 0.415. The molecule has 2 aromatic carbocycles. The molecule has 5 nitrogen and oxygen atoms in total. The highest BCUT2D eigenvalue weighted by atomic mass is 16.1. The second kappa shape index (κ2) is 4.66. The Morgan fingerprint density at radius 3 is 2.50 bits per heavy atom. The van der Waals surface area contributed by atoms with Crippen LogP contribution in [0.1, 0.15) is 0 Å². The summed E-state index contributed by atoms with van der Waals surface area (Å²) < 4.78 is 1.42. The third kappa shape index (κ3) is 1.83. The predicted octanol–water partition coefficient (Wildman–Crippen LogP) is 2.23. The number of H-pyrrole nitrogens is 1. The third-order valence-corrected chi connectivity index (χ3v) is 3.66. The standard InChI is InChI=1S/C17H11N3O2/c21-16-13-7-3-1-5-11(13)9-15(19-16)20-14-8-4-2-6-12(14)10-18-17(20)22/h1-10H,(H,19,21). The topological polar surface area (TPSA) is 67.8 Å². The maximum absolute atomic E-state index is 12.2. The van der Waals surface area contributed by atoms with Crippen molar-refractivity contribution in [3.8, 4) is 5.82 Å². The molecule has 1 N–H and O–H groups in total. The van der Waals surface area contributed by atoms with Crippen LogP contribution in [0, 0.1) is 0 Å². The van der Waals surface area contributed by atoms with E-state index >= 15 is 0 Å². The van der Waals surface area contributed by atoms with E-state index in [1.807, 2.05) is 42.5 Å². The lowest BCUT2D eigenvalue weighted by molar-refractivity contribution is 0.919. The maximum atomic E-state index is 12.2. The number of rotatable bonds is 1.